The molecule has 3 heteroatoms. The molecule has 0 amide bonds. The van der Waals surface area contributed by atoms with Crippen LogP contribution in [-0.2, 0) is 0 Å². The van der Waals surface area contributed by atoms with Crippen LogP contribution in [0.4, 0.5) is 0 Å². The minimum absolute atomic E-state index is 0.542. The number of likely N-dealkylation sites (N-methyl/N-ethyl adjacent to an activating group) is 1. The Morgan fingerprint density at radius 1 is 1.30 bits per heavy atom. The Morgan fingerprint density at radius 3 is 2.52 bits per heavy atom. The number of benzene rings is 1. The van der Waals surface area contributed by atoms with E-state index in [1.54, 1.807) is 4.90 Å². The number of hydrogen-bond acceptors (Lipinski definition) is 2. The summed E-state index contributed by atoms with van der Waals surface area (Å²) < 4.78 is 5.86. The van der Waals surface area contributed by atoms with Gasteiger partial charge in [-0.25, -0.2) is 0 Å². The van der Waals surface area contributed by atoms with Crippen LogP contribution >= 0.6 is 0 Å². The number of allylic oxidation sites excluding steroid dienone is 3. The summed E-state index contributed by atoms with van der Waals surface area (Å²) >= 11 is 0. The molecule has 0 heterocycles. The fraction of sp³-hybridized carbons (Fsp3) is 0.300. The van der Waals surface area contributed by atoms with Crippen LogP contribution in [0.2, 0.25) is 0 Å². The molecule has 0 unspecified atom stereocenters. The minimum Gasteiger partial charge on any atom is -0.492 e. The fourth-order valence-corrected chi connectivity index (χ4v) is 2.04. The Labute approximate surface area is 141 Å². The van der Waals surface area contributed by atoms with Crippen molar-refractivity contribution in [3.8, 4) is 18.2 Å². The van der Waals surface area contributed by atoms with Gasteiger partial charge in [-0.2, -0.15) is 0 Å². The fourth-order valence-electron chi connectivity index (χ4n) is 2.04. The molecule has 1 aromatic carbocycles. The van der Waals surface area contributed by atoms with Gasteiger partial charge in [0.2, 0.25) is 0 Å². The molecule has 1 rings (SSSR count). The zero-order chi connectivity index (χ0) is 17.4. The van der Waals surface area contributed by atoms with E-state index in [0.29, 0.717) is 13.2 Å². The third kappa shape index (κ3) is 6.12. The summed E-state index contributed by atoms with van der Waals surface area (Å²) in [5.74, 6) is 0.824. The van der Waals surface area contributed by atoms with Gasteiger partial charge < -0.3 is 9.64 Å². The monoisotopic (exact) mass is 307 g/mol. The van der Waals surface area contributed by atoms with Gasteiger partial charge in [0.15, 0.2) is 7.28 Å². The molecule has 120 valence electrons. The third-order valence-corrected chi connectivity index (χ3v) is 3.71. The molecule has 2 nitrogen and oxygen atoms in total. The van der Waals surface area contributed by atoms with Gasteiger partial charge in [-0.3, -0.25) is 0 Å². The average Bonchev–Trinajstić information content (AvgIpc) is 2.53. The van der Waals surface area contributed by atoms with Gasteiger partial charge >= 0.3 is 0 Å². The highest BCUT2D eigenvalue weighted by Crippen LogP contribution is 2.26. The van der Waals surface area contributed by atoms with Gasteiger partial charge in [-0.15, -0.1) is 12.1 Å². The summed E-state index contributed by atoms with van der Waals surface area (Å²) in [6.45, 7) is 15.6. The van der Waals surface area contributed by atoms with E-state index in [4.69, 9.17) is 11.2 Å². The summed E-state index contributed by atoms with van der Waals surface area (Å²) in [6, 6.07) is 8.72. The van der Waals surface area contributed by atoms with Crippen LogP contribution in [0.15, 0.2) is 42.9 Å². The standard InChI is InChI=1S/C20H26BNO/c1-8-16(5)21-17(6)19-12-18(15(3)4)13-20(14-19)23-11-10-22(7)9-2/h2,8,12-14,21H,3,6,10-11H2,1,4-5,7H3/b16-8-. The largest absolute Gasteiger partial charge is 0.492 e. The number of nitrogens with zero attached hydrogens (tertiary/aromatic N) is 1. The Hall–Kier alpha value is -2.34. The maximum absolute atomic E-state index is 5.86. The summed E-state index contributed by atoms with van der Waals surface area (Å²) in [5.41, 5.74) is 5.55. The molecule has 0 atom stereocenters. The molecule has 0 aromatic heterocycles. The van der Waals surface area contributed by atoms with Crippen molar-refractivity contribution in [2.24, 2.45) is 0 Å². The van der Waals surface area contributed by atoms with Gasteiger partial charge in [0.25, 0.3) is 0 Å². The molecule has 0 saturated carbocycles. The molecule has 0 aliphatic rings. The SMILES string of the molecule is C#CN(C)CCOc1cc(C(=C)C)cc(C(=C)B/C(C)=C\C)c1. The maximum atomic E-state index is 5.86. The predicted octanol–water partition coefficient (Wildman–Crippen LogP) is 3.95. The smallest absolute Gasteiger partial charge is 0.186 e. The molecule has 1 aromatic rings. The van der Waals surface area contributed by atoms with Crippen LogP contribution in [0.1, 0.15) is 31.9 Å². The molecule has 0 bridgehead atoms. The maximum Gasteiger partial charge on any atom is 0.186 e. The van der Waals surface area contributed by atoms with Crippen LogP contribution < -0.4 is 4.74 Å². The van der Waals surface area contributed by atoms with Gasteiger partial charge in [-0.05, 0) is 43.2 Å². The van der Waals surface area contributed by atoms with E-state index in [1.807, 2.05) is 33.0 Å². The first-order valence-corrected chi connectivity index (χ1v) is 7.78. The Morgan fingerprint density at radius 2 is 1.96 bits per heavy atom. The quantitative estimate of drug-likeness (QED) is 0.409. The van der Waals surface area contributed by atoms with Crippen molar-refractivity contribution >= 4 is 18.3 Å². The van der Waals surface area contributed by atoms with Crippen molar-refractivity contribution in [1.29, 1.82) is 0 Å². The molecule has 0 fully saturated rings. The van der Waals surface area contributed by atoms with Gasteiger partial charge in [0, 0.05) is 13.1 Å². The molecule has 0 radical (unpaired) electrons. The molecule has 0 N–H and O–H groups in total. The second-order valence-electron chi connectivity index (χ2n) is 5.84. The Balaban J connectivity index is 2.96. The van der Waals surface area contributed by atoms with E-state index in [-0.39, 0.29) is 0 Å². The normalized spacial score (nSPS) is 10.7. The molecule has 0 spiro atoms. The first-order chi connectivity index (χ1) is 10.9. The lowest BCUT2D eigenvalue weighted by Crippen LogP contribution is -2.19. The molecule has 23 heavy (non-hydrogen) atoms. The van der Waals surface area contributed by atoms with Crippen molar-refractivity contribution in [2.75, 3.05) is 20.2 Å². The van der Waals surface area contributed by atoms with E-state index in [2.05, 4.69) is 38.3 Å². The lowest BCUT2D eigenvalue weighted by atomic mass is 9.61. The van der Waals surface area contributed by atoms with Crippen LogP contribution in [-0.4, -0.2) is 32.4 Å². The minimum atomic E-state index is 0.542. The zero-order valence-corrected chi connectivity index (χ0v) is 14.8. The predicted molar refractivity (Wildman–Crippen MR) is 104 cm³/mol. The van der Waals surface area contributed by atoms with Crippen LogP contribution in [0.3, 0.4) is 0 Å². The summed E-state index contributed by atoms with van der Waals surface area (Å²) in [5, 5.41) is 0. The van der Waals surface area contributed by atoms with Crippen LogP contribution in [0.5, 0.6) is 5.75 Å². The first-order valence-electron chi connectivity index (χ1n) is 7.78. The number of rotatable bonds is 8. The van der Waals surface area contributed by atoms with Crippen molar-refractivity contribution in [1.82, 2.24) is 4.90 Å². The summed E-state index contributed by atoms with van der Waals surface area (Å²) in [4.78, 5) is 1.76. The van der Waals surface area contributed by atoms with Gasteiger partial charge in [-0.1, -0.05) is 37.0 Å². The molecular weight excluding hydrogens is 281 g/mol. The topological polar surface area (TPSA) is 12.5 Å². The number of hydrogen-bond donors (Lipinski definition) is 0. The first kappa shape index (κ1) is 18.7. The van der Waals surface area contributed by atoms with Crippen LogP contribution in [0, 0.1) is 12.5 Å². The Bertz CT molecular complexity index is 652. The van der Waals surface area contributed by atoms with Crippen molar-refractivity contribution in [3.05, 3.63) is 54.0 Å². The second kappa shape index (κ2) is 8.95. The highest BCUT2D eigenvalue weighted by atomic mass is 16.5. The second-order valence-corrected chi connectivity index (χ2v) is 5.84. The van der Waals surface area contributed by atoms with E-state index < -0.39 is 0 Å². The average molecular weight is 307 g/mol. The van der Waals surface area contributed by atoms with E-state index in [1.165, 1.54) is 5.47 Å². The molecule has 0 aliphatic heterocycles. The molecule has 0 aliphatic carbocycles. The van der Waals surface area contributed by atoms with Crippen molar-refractivity contribution in [2.45, 2.75) is 20.8 Å². The van der Waals surface area contributed by atoms with E-state index in [0.717, 1.165) is 35.2 Å². The highest BCUT2D eigenvalue weighted by molar-refractivity contribution is 6.67. The van der Waals surface area contributed by atoms with Gasteiger partial charge in [0.1, 0.15) is 12.4 Å². The molecular formula is C20H26BNO. The summed E-state index contributed by atoms with van der Waals surface area (Å²) in [7, 11) is 2.72. The van der Waals surface area contributed by atoms with E-state index >= 15 is 0 Å². The summed E-state index contributed by atoms with van der Waals surface area (Å²) in [6.07, 6.45) is 7.44. The number of ether oxygens (including phenoxy) is 1. The van der Waals surface area contributed by atoms with E-state index in [9.17, 15) is 0 Å². The van der Waals surface area contributed by atoms with Crippen molar-refractivity contribution < 1.29 is 4.74 Å². The lowest BCUT2D eigenvalue weighted by Gasteiger charge is -2.15. The Kier molecular flexibility index (Phi) is 7.28. The highest BCUT2D eigenvalue weighted by Gasteiger charge is 2.08. The third-order valence-electron chi connectivity index (χ3n) is 3.71. The van der Waals surface area contributed by atoms with Gasteiger partial charge in [0.05, 0.1) is 6.54 Å². The number of terminal acetylenes is 1. The lowest BCUT2D eigenvalue weighted by molar-refractivity contribution is 0.279. The van der Waals surface area contributed by atoms with Crippen molar-refractivity contribution in [3.63, 3.8) is 0 Å². The zero-order valence-electron chi connectivity index (χ0n) is 14.8. The molecule has 0 saturated heterocycles. The van der Waals surface area contributed by atoms with Crippen LogP contribution in [0.25, 0.3) is 11.0 Å².